The van der Waals surface area contributed by atoms with E-state index in [1.807, 2.05) is 62.6 Å². The highest BCUT2D eigenvalue weighted by molar-refractivity contribution is 5.92. The molecule has 1 aromatic heterocycles. The average Bonchev–Trinajstić information content (AvgIpc) is 2.73. The molecule has 0 radical (unpaired) electrons. The molecular weight excluding hydrogens is 348 g/mol. The van der Waals surface area contributed by atoms with Crippen molar-refractivity contribution in [3.63, 3.8) is 0 Å². The Morgan fingerprint density at radius 2 is 1.64 bits per heavy atom. The third kappa shape index (κ3) is 5.58. The van der Waals surface area contributed by atoms with Gasteiger partial charge >= 0.3 is 0 Å². The summed E-state index contributed by atoms with van der Waals surface area (Å²) in [6.45, 7) is 0.633. The summed E-state index contributed by atoms with van der Waals surface area (Å²) in [5, 5.41) is 6.22. The number of benzene rings is 2. The van der Waals surface area contributed by atoms with E-state index < -0.39 is 0 Å². The van der Waals surface area contributed by atoms with Crippen LogP contribution in [-0.4, -0.2) is 31.5 Å². The molecule has 2 N–H and O–H groups in total. The molecule has 3 aromatic rings. The number of carbonyl (C=O) groups is 1. The van der Waals surface area contributed by atoms with Gasteiger partial charge in [0.15, 0.2) is 0 Å². The van der Waals surface area contributed by atoms with Crippen molar-refractivity contribution >= 4 is 23.0 Å². The first-order chi connectivity index (χ1) is 13.6. The molecule has 144 valence electrons. The number of amides is 1. The lowest BCUT2D eigenvalue weighted by Crippen LogP contribution is -2.25. The average molecular weight is 374 g/mol. The zero-order chi connectivity index (χ0) is 19.8. The molecule has 0 fully saturated rings. The number of hydrogen-bond acceptors (Lipinski definition) is 4. The number of nitrogens with one attached hydrogen (secondary N) is 2. The fourth-order valence-electron chi connectivity index (χ4n) is 2.84. The van der Waals surface area contributed by atoms with E-state index in [2.05, 4.69) is 32.7 Å². The van der Waals surface area contributed by atoms with Crippen LogP contribution in [0.4, 0.5) is 17.1 Å². The van der Waals surface area contributed by atoms with Crippen molar-refractivity contribution in [2.24, 2.45) is 0 Å². The molecule has 0 aliphatic carbocycles. The van der Waals surface area contributed by atoms with Gasteiger partial charge in [0.25, 0.3) is 5.91 Å². The van der Waals surface area contributed by atoms with E-state index in [0.29, 0.717) is 12.2 Å². The van der Waals surface area contributed by atoms with E-state index in [1.165, 1.54) is 5.56 Å². The van der Waals surface area contributed by atoms with E-state index >= 15 is 0 Å². The lowest BCUT2D eigenvalue weighted by atomic mass is 10.1. The Bertz CT molecular complexity index is 875. The topological polar surface area (TPSA) is 57.3 Å². The zero-order valence-corrected chi connectivity index (χ0v) is 16.4. The number of anilines is 3. The van der Waals surface area contributed by atoms with Gasteiger partial charge in [-0.15, -0.1) is 0 Å². The molecule has 0 aliphatic heterocycles. The summed E-state index contributed by atoms with van der Waals surface area (Å²) in [7, 11) is 4.02. The molecule has 3 rings (SSSR count). The minimum atomic E-state index is -0.144. The van der Waals surface area contributed by atoms with Gasteiger partial charge in [-0.2, -0.15) is 0 Å². The highest BCUT2D eigenvalue weighted by atomic mass is 16.1. The zero-order valence-electron chi connectivity index (χ0n) is 16.4. The lowest BCUT2D eigenvalue weighted by Gasteiger charge is -2.13. The van der Waals surface area contributed by atoms with Crippen LogP contribution >= 0.6 is 0 Å². The van der Waals surface area contributed by atoms with Gasteiger partial charge in [0.1, 0.15) is 5.69 Å². The Morgan fingerprint density at radius 3 is 2.29 bits per heavy atom. The summed E-state index contributed by atoms with van der Waals surface area (Å²) in [5.41, 5.74) is 4.67. The highest BCUT2D eigenvalue weighted by Gasteiger charge is 2.06. The first-order valence-corrected chi connectivity index (χ1v) is 9.44. The van der Waals surface area contributed by atoms with E-state index in [1.54, 1.807) is 12.3 Å². The van der Waals surface area contributed by atoms with E-state index in [-0.39, 0.29) is 5.91 Å². The van der Waals surface area contributed by atoms with Gasteiger partial charge in [0.05, 0.1) is 11.9 Å². The SMILES string of the molecule is CN(C)c1ccc(Nc2ccc(C(=O)NCCCc3ccccc3)nc2)cc1. The van der Waals surface area contributed by atoms with Crippen molar-refractivity contribution in [1.29, 1.82) is 0 Å². The van der Waals surface area contributed by atoms with Crippen LogP contribution in [-0.2, 0) is 6.42 Å². The van der Waals surface area contributed by atoms with Crippen LogP contribution in [0.1, 0.15) is 22.5 Å². The van der Waals surface area contributed by atoms with Crippen molar-refractivity contribution in [1.82, 2.24) is 10.3 Å². The Hall–Kier alpha value is -3.34. The van der Waals surface area contributed by atoms with Crippen molar-refractivity contribution in [3.8, 4) is 0 Å². The summed E-state index contributed by atoms with van der Waals surface area (Å²) in [6, 6.07) is 22.0. The van der Waals surface area contributed by atoms with E-state index in [4.69, 9.17) is 0 Å². The number of pyridine rings is 1. The molecule has 0 saturated heterocycles. The number of nitrogens with zero attached hydrogens (tertiary/aromatic N) is 2. The Morgan fingerprint density at radius 1 is 0.929 bits per heavy atom. The van der Waals surface area contributed by atoms with Gasteiger partial charge in [-0.1, -0.05) is 30.3 Å². The molecule has 5 heteroatoms. The van der Waals surface area contributed by atoms with Crippen molar-refractivity contribution in [2.45, 2.75) is 12.8 Å². The maximum absolute atomic E-state index is 12.2. The molecule has 0 bridgehead atoms. The number of rotatable bonds is 8. The molecule has 28 heavy (non-hydrogen) atoms. The third-order valence-electron chi connectivity index (χ3n) is 4.44. The van der Waals surface area contributed by atoms with Crippen LogP contribution in [0.3, 0.4) is 0 Å². The number of aromatic nitrogens is 1. The predicted molar refractivity (Wildman–Crippen MR) is 115 cm³/mol. The second-order valence-electron chi connectivity index (χ2n) is 6.84. The summed E-state index contributed by atoms with van der Waals surface area (Å²) >= 11 is 0. The highest BCUT2D eigenvalue weighted by Crippen LogP contribution is 2.19. The van der Waals surface area contributed by atoms with Crippen molar-refractivity contribution < 1.29 is 4.79 Å². The maximum atomic E-state index is 12.2. The van der Waals surface area contributed by atoms with Gasteiger partial charge < -0.3 is 15.5 Å². The predicted octanol–water partition coefficient (Wildman–Crippen LogP) is 4.25. The largest absolute Gasteiger partial charge is 0.378 e. The summed E-state index contributed by atoms with van der Waals surface area (Å²) < 4.78 is 0. The fourth-order valence-corrected chi connectivity index (χ4v) is 2.84. The first-order valence-electron chi connectivity index (χ1n) is 9.44. The third-order valence-corrected chi connectivity index (χ3v) is 4.44. The minimum Gasteiger partial charge on any atom is -0.378 e. The van der Waals surface area contributed by atoms with Crippen LogP contribution in [0.5, 0.6) is 0 Å². The molecule has 0 aliphatic rings. The smallest absolute Gasteiger partial charge is 0.269 e. The molecule has 1 heterocycles. The van der Waals surface area contributed by atoms with E-state index in [9.17, 15) is 4.79 Å². The summed E-state index contributed by atoms with van der Waals surface area (Å²) in [5.74, 6) is -0.144. The van der Waals surface area contributed by atoms with Crippen LogP contribution in [0.25, 0.3) is 0 Å². The second-order valence-corrected chi connectivity index (χ2v) is 6.84. The Labute approximate surface area is 166 Å². The van der Waals surface area contributed by atoms with Crippen LogP contribution < -0.4 is 15.5 Å². The standard InChI is InChI=1S/C23H26N4O/c1-27(2)21-13-10-19(11-14-21)26-20-12-15-22(25-17-20)23(28)24-16-6-9-18-7-4-3-5-8-18/h3-5,7-8,10-15,17,26H,6,9,16H2,1-2H3,(H,24,28). The maximum Gasteiger partial charge on any atom is 0.269 e. The molecule has 0 unspecified atom stereocenters. The van der Waals surface area contributed by atoms with Crippen LogP contribution in [0.2, 0.25) is 0 Å². The van der Waals surface area contributed by atoms with Crippen LogP contribution in [0, 0.1) is 0 Å². The van der Waals surface area contributed by atoms with Gasteiger partial charge in [-0.25, -0.2) is 4.98 Å². The molecule has 0 spiro atoms. The number of carbonyl (C=O) groups excluding carboxylic acids is 1. The van der Waals surface area contributed by atoms with Gasteiger partial charge in [-0.3, -0.25) is 4.79 Å². The molecule has 0 saturated carbocycles. The van der Waals surface area contributed by atoms with Crippen molar-refractivity contribution in [2.75, 3.05) is 30.9 Å². The lowest BCUT2D eigenvalue weighted by molar-refractivity contribution is 0.0948. The molecule has 2 aromatic carbocycles. The fraction of sp³-hybridized carbons (Fsp3) is 0.217. The number of aryl methyl sites for hydroxylation is 1. The van der Waals surface area contributed by atoms with Gasteiger partial charge in [0.2, 0.25) is 0 Å². The van der Waals surface area contributed by atoms with Crippen molar-refractivity contribution in [3.05, 3.63) is 84.2 Å². The normalized spacial score (nSPS) is 10.4. The second kappa shape index (κ2) is 9.55. The van der Waals surface area contributed by atoms with Gasteiger partial charge in [-0.05, 0) is 54.8 Å². The monoisotopic (exact) mass is 374 g/mol. The molecule has 0 atom stereocenters. The molecular formula is C23H26N4O. The Kier molecular flexibility index (Phi) is 6.63. The Balaban J connectivity index is 1.47. The molecule has 1 amide bonds. The van der Waals surface area contributed by atoms with Gasteiger partial charge in [0, 0.05) is 32.0 Å². The summed E-state index contributed by atoms with van der Waals surface area (Å²) in [4.78, 5) is 18.6. The summed E-state index contributed by atoms with van der Waals surface area (Å²) in [6.07, 6.45) is 3.53. The minimum absolute atomic E-state index is 0.144. The van der Waals surface area contributed by atoms with E-state index in [0.717, 1.165) is 29.9 Å². The quantitative estimate of drug-likeness (QED) is 0.579. The first kappa shape index (κ1) is 19.4. The number of hydrogen-bond donors (Lipinski definition) is 2. The molecule has 5 nitrogen and oxygen atoms in total. The van der Waals surface area contributed by atoms with Crippen LogP contribution in [0.15, 0.2) is 72.9 Å².